The summed E-state index contributed by atoms with van der Waals surface area (Å²) in [7, 11) is 1.38. The Kier molecular flexibility index (Phi) is 6.32. The van der Waals surface area contributed by atoms with Crippen LogP contribution in [0.1, 0.15) is 33.2 Å². The Bertz CT molecular complexity index is 1880. The highest BCUT2D eigenvalue weighted by Crippen LogP contribution is 2.48. The van der Waals surface area contributed by atoms with Gasteiger partial charge >= 0.3 is 5.97 Å². The van der Waals surface area contributed by atoms with Crippen molar-refractivity contribution in [2.75, 3.05) is 17.3 Å². The number of rotatable bonds is 4. The molecular weight excluding hydrogens is 548 g/mol. The SMILES string of the molecule is COC(=O)c1ccc([C@H]2c3c(C)nn(-c4ccccc4)c3N=C3C(Nc4ccc(Cl)cc4)=Nc4ccccc4N32)cc1. The van der Waals surface area contributed by atoms with E-state index >= 15 is 0 Å². The molecule has 4 aromatic carbocycles. The quantitative estimate of drug-likeness (QED) is 0.227. The Morgan fingerprint density at radius 2 is 1.60 bits per heavy atom. The van der Waals surface area contributed by atoms with Gasteiger partial charge in [0.1, 0.15) is 0 Å². The molecule has 2 aliphatic rings. The zero-order chi connectivity index (χ0) is 28.8. The van der Waals surface area contributed by atoms with Crippen LogP contribution in [0.15, 0.2) is 113 Å². The largest absolute Gasteiger partial charge is 0.465 e. The number of fused-ring (bicyclic) bond motifs is 4. The van der Waals surface area contributed by atoms with Gasteiger partial charge in [0, 0.05) is 16.3 Å². The maximum Gasteiger partial charge on any atom is 0.337 e. The number of carbonyl (C=O) groups is 1. The summed E-state index contributed by atoms with van der Waals surface area (Å²) >= 11 is 6.16. The lowest BCUT2D eigenvalue weighted by atomic mass is 9.92. The van der Waals surface area contributed by atoms with Gasteiger partial charge in [0.25, 0.3) is 0 Å². The minimum absolute atomic E-state index is 0.310. The number of carbonyl (C=O) groups excluding carboxylic acids is 1. The summed E-state index contributed by atoms with van der Waals surface area (Å²) in [5, 5.41) is 9.09. The molecule has 1 N–H and O–H groups in total. The minimum Gasteiger partial charge on any atom is -0.465 e. The number of hydrogen-bond donors (Lipinski definition) is 1. The lowest BCUT2D eigenvalue weighted by molar-refractivity contribution is 0.0600. The molecule has 7 rings (SSSR count). The molecule has 1 atom stereocenters. The molecule has 0 aliphatic carbocycles. The lowest BCUT2D eigenvalue weighted by Gasteiger charge is -2.40. The van der Waals surface area contributed by atoms with Gasteiger partial charge in [0.05, 0.1) is 41.5 Å². The second kappa shape index (κ2) is 10.3. The van der Waals surface area contributed by atoms with Gasteiger partial charge in [-0.15, -0.1) is 0 Å². The average molecular weight is 573 g/mol. The third-order valence-electron chi connectivity index (χ3n) is 7.39. The van der Waals surface area contributed by atoms with E-state index in [1.54, 1.807) is 12.1 Å². The van der Waals surface area contributed by atoms with Crippen molar-refractivity contribution >= 4 is 52.1 Å². The van der Waals surface area contributed by atoms with Gasteiger partial charge in [0.2, 0.25) is 0 Å². The van der Waals surface area contributed by atoms with Crippen molar-refractivity contribution in [2.24, 2.45) is 9.98 Å². The number of amidine groups is 2. The fourth-order valence-corrected chi connectivity index (χ4v) is 5.58. The first-order chi connectivity index (χ1) is 20.5. The zero-order valence-corrected chi connectivity index (χ0v) is 23.6. The van der Waals surface area contributed by atoms with Crippen LogP contribution in [-0.4, -0.2) is 34.5 Å². The summed E-state index contributed by atoms with van der Waals surface area (Å²) in [5.41, 5.74) is 6.72. The Labute approximate surface area is 247 Å². The van der Waals surface area contributed by atoms with E-state index in [1.807, 2.05) is 103 Å². The van der Waals surface area contributed by atoms with Crippen LogP contribution in [0.4, 0.5) is 22.9 Å². The number of aromatic nitrogens is 2. The predicted molar refractivity (Wildman–Crippen MR) is 166 cm³/mol. The van der Waals surface area contributed by atoms with E-state index in [0.717, 1.165) is 45.4 Å². The van der Waals surface area contributed by atoms with E-state index in [2.05, 4.69) is 10.2 Å². The van der Waals surface area contributed by atoms with E-state index in [9.17, 15) is 4.79 Å². The van der Waals surface area contributed by atoms with Crippen LogP contribution in [0.3, 0.4) is 0 Å². The number of aliphatic imine (C=N–C) groups is 2. The van der Waals surface area contributed by atoms with E-state index in [0.29, 0.717) is 22.3 Å². The van der Waals surface area contributed by atoms with E-state index < -0.39 is 0 Å². The molecule has 206 valence electrons. The van der Waals surface area contributed by atoms with Crippen molar-refractivity contribution in [3.8, 4) is 5.69 Å². The molecule has 1 aromatic heterocycles. The number of hydrogen-bond acceptors (Lipinski definition) is 7. The average Bonchev–Trinajstić information content (AvgIpc) is 3.37. The number of esters is 1. The summed E-state index contributed by atoms with van der Waals surface area (Å²) in [6.45, 7) is 2.01. The van der Waals surface area contributed by atoms with Crippen LogP contribution in [-0.2, 0) is 4.74 Å². The molecule has 42 heavy (non-hydrogen) atoms. The molecule has 0 spiro atoms. The third-order valence-corrected chi connectivity index (χ3v) is 7.65. The van der Waals surface area contributed by atoms with Crippen molar-refractivity contribution < 1.29 is 9.53 Å². The van der Waals surface area contributed by atoms with Gasteiger partial charge in [-0.2, -0.15) is 5.10 Å². The molecule has 0 saturated heterocycles. The van der Waals surface area contributed by atoms with Crippen LogP contribution < -0.4 is 10.2 Å². The first kappa shape index (κ1) is 25.7. The third kappa shape index (κ3) is 4.33. The Hall–Kier alpha value is -5.21. The first-order valence-electron chi connectivity index (χ1n) is 13.4. The monoisotopic (exact) mass is 572 g/mol. The highest BCUT2D eigenvalue weighted by molar-refractivity contribution is 6.51. The molecule has 0 bridgehead atoms. The van der Waals surface area contributed by atoms with Gasteiger partial charge in [-0.1, -0.05) is 54.1 Å². The summed E-state index contributed by atoms with van der Waals surface area (Å²) in [6.07, 6.45) is 0. The maximum atomic E-state index is 12.2. The summed E-state index contributed by atoms with van der Waals surface area (Å²) in [4.78, 5) is 24.7. The second-order valence-electron chi connectivity index (χ2n) is 9.97. The molecule has 3 heterocycles. The van der Waals surface area contributed by atoms with Crippen molar-refractivity contribution in [3.63, 3.8) is 0 Å². The van der Waals surface area contributed by atoms with Gasteiger partial charge in [0.15, 0.2) is 17.5 Å². The fraction of sp³-hybridized carbons (Fsp3) is 0.0909. The van der Waals surface area contributed by atoms with Crippen molar-refractivity contribution in [2.45, 2.75) is 13.0 Å². The number of nitrogens with zero attached hydrogens (tertiary/aromatic N) is 5. The minimum atomic E-state index is -0.383. The number of benzene rings is 4. The fourth-order valence-electron chi connectivity index (χ4n) is 5.45. The van der Waals surface area contributed by atoms with Crippen LogP contribution in [0.5, 0.6) is 0 Å². The van der Waals surface area contributed by atoms with Gasteiger partial charge < -0.3 is 15.0 Å². The van der Waals surface area contributed by atoms with E-state index in [4.69, 9.17) is 31.4 Å². The smallest absolute Gasteiger partial charge is 0.337 e. The van der Waals surface area contributed by atoms with Gasteiger partial charge in [-0.3, -0.25) is 0 Å². The van der Waals surface area contributed by atoms with Crippen molar-refractivity contribution in [3.05, 3.63) is 131 Å². The zero-order valence-electron chi connectivity index (χ0n) is 22.8. The molecule has 9 heteroatoms. The normalized spacial score (nSPS) is 15.1. The number of para-hydroxylation sites is 3. The highest BCUT2D eigenvalue weighted by Gasteiger charge is 2.41. The summed E-state index contributed by atoms with van der Waals surface area (Å²) in [5.74, 6) is 1.58. The Morgan fingerprint density at radius 3 is 2.33 bits per heavy atom. The number of anilines is 2. The van der Waals surface area contributed by atoms with Gasteiger partial charge in [-0.25, -0.2) is 19.5 Å². The molecule has 0 saturated carbocycles. The summed E-state index contributed by atoms with van der Waals surface area (Å²) < 4.78 is 6.83. The lowest BCUT2D eigenvalue weighted by Crippen LogP contribution is -2.46. The van der Waals surface area contributed by atoms with Crippen LogP contribution in [0.25, 0.3) is 5.69 Å². The molecule has 8 nitrogen and oxygen atoms in total. The molecule has 5 aromatic rings. The number of aryl methyl sites for hydroxylation is 1. The van der Waals surface area contributed by atoms with Crippen molar-refractivity contribution in [1.29, 1.82) is 0 Å². The maximum absolute atomic E-state index is 12.2. The Morgan fingerprint density at radius 1 is 0.881 bits per heavy atom. The summed E-state index contributed by atoms with van der Waals surface area (Å²) in [6, 6.07) is 32.6. The Balaban J connectivity index is 1.47. The van der Waals surface area contributed by atoms with Gasteiger partial charge in [-0.05, 0) is 73.2 Å². The molecule has 0 fully saturated rings. The number of methoxy groups -OCH3 is 1. The highest BCUT2D eigenvalue weighted by atomic mass is 35.5. The molecule has 0 radical (unpaired) electrons. The molecule has 0 unspecified atom stereocenters. The molecule has 0 amide bonds. The van der Waals surface area contributed by atoms with Crippen LogP contribution in [0, 0.1) is 6.92 Å². The topological polar surface area (TPSA) is 84.1 Å². The molecule has 2 aliphatic heterocycles. The number of nitrogens with one attached hydrogen (secondary N) is 1. The first-order valence-corrected chi connectivity index (χ1v) is 13.8. The predicted octanol–water partition coefficient (Wildman–Crippen LogP) is 7.42. The number of halogens is 1. The molecular formula is C33H25ClN6O2. The number of ether oxygens (including phenoxy) is 1. The van der Waals surface area contributed by atoms with Crippen LogP contribution in [0.2, 0.25) is 5.02 Å². The second-order valence-corrected chi connectivity index (χ2v) is 10.4. The van der Waals surface area contributed by atoms with Crippen LogP contribution >= 0.6 is 11.6 Å². The van der Waals surface area contributed by atoms with Crippen molar-refractivity contribution in [1.82, 2.24) is 9.78 Å². The van der Waals surface area contributed by atoms with E-state index in [1.165, 1.54) is 7.11 Å². The van der Waals surface area contributed by atoms with E-state index in [-0.39, 0.29) is 12.0 Å². The standard InChI is InChI=1S/C33H25ClN6O2/c1-20-28-29(21-12-14-22(15-13-21)33(41)42-2)39-27-11-7-6-10-26(27)36-30(35-24-18-16-23(34)17-19-24)32(39)37-31(28)40(38-20)25-8-4-3-5-9-25/h3-19,29H,1-2H3,(H,35,36)/t29-/m0/s1.